The lowest BCUT2D eigenvalue weighted by atomic mass is 10.1. The number of cyclic esters (lactones) is 1. The Morgan fingerprint density at radius 2 is 1.86 bits per heavy atom. The van der Waals surface area contributed by atoms with E-state index in [2.05, 4.69) is 10.6 Å². The summed E-state index contributed by atoms with van der Waals surface area (Å²) in [5.74, 6) is -4.56. The van der Waals surface area contributed by atoms with Crippen LogP contribution in [0.25, 0.3) is 0 Å². The summed E-state index contributed by atoms with van der Waals surface area (Å²) in [4.78, 5) is 66.0. The minimum Gasteiger partial charge on any atom is -0.459 e. The van der Waals surface area contributed by atoms with E-state index in [9.17, 15) is 32.4 Å². The number of nitrogens with zero attached hydrogens (tertiary/aromatic N) is 2. The molecule has 2 heterocycles. The van der Waals surface area contributed by atoms with Crippen LogP contribution in [0.5, 0.6) is 0 Å². The Morgan fingerprint density at radius 1 is 1.17 bits per heavy atom. The van der Waals surface area contributed by atoms with E-state index >= 15 is 0 Å². The van der Waals surface area contributed by atoms with Crippen LogP contribution in [0, 0.1) is 0 Å². The number of nitrogens with one attached hydrogen (secondary N) is 2. The van der Waals surface area contributed by atoms with Crippen LogP contribution >= 0.6 is 0 Å². The van der Waals surface area contributed by atoms with Crippen molar-refractivity contribution < 1.29 is 37.1 Å². The average molecular weight is 523 g/mol. The maximum absolute atomic E-state index is 13.1. The van der Waals surface area contributed by atoms with Gasteiger partial charge >= 0.3 is 5.97 Å². The molecule has 0 bridgehead atoms. The standard InChI is InChI=1S/C23H30N4O8S/c1-14(28)27-10-6-9-19(27)21(30)24-17-11-35-23(32)16-8-5-4-7-15(16)12-36(33,34)13-18(25-20(17)29)22(31)26(2)3/h4-5,7-8,17-19H,6,9-13H2,1-3H3,(H,24,30)(H,25,29)/t17-,18-,19+/m1/s1. The van der Waals surface area contributed by atoms with Crippen LogP contribution in [0.15, 0.2) is 24.3 Å². The van der Waals surface area contributed by atoms with Crippen molar-refractivity contribution in [2.24, 2.45) is 0 Å². The highest BCUT2D eigenvalue weighted by Gasteiger charge is 2.37. The number of likely N-dealkylation sites (N-methyl/N-ethyl adjacent to an activating group) is 1. The molecule has 196 valence electrons. The van der Waals surface area contributed by atoms with Crippen molar-refractivity contribution in [1.82, 2.24) is 20.4 Å². The fourth-order valence-corrected chi connectivity index (χ4v) is 5.83. The Hall–Kier alpha value is -3.48. The minimum absolute atomic E-state index is 0.00108. The smallest absolute Gasteiger partial charge is 0.338 e. The molecule has 12 nitrogen and oxygen atoms in total. The fraction of sp³-hybridized carbons (Fsp3) is 0.522. The van der Waals surface area contributed by atoms with Gasteiger partial charge in [-0.15, -0.1) is 0 Å². The molecule has 3 atom stereocenters. The Morgan fingerprint density at radius 3 is 2.53 bits per heavy atom. The van der Waals surface area contributed by atoms with E-state index in [1.54, 1.807) is 12.1 Å². The predicted octanol–water partition coefficient (Wildman–Crippen LogP) is -1.16. The molecule has 1 saturated heterocycles. The number of likely N-dealkylation sites (tertiary alicyclic amines) is 1. The predicted molar refractivity (Wildman–Crippen MR) is 127 cm³/mol. The largest absolute Gasteiger partial charge is 0.459 e. The molecule has 3 rings (SSSR count). The van der Waals surface area contributed by atoms with Crippen LogP contribution in [0.1, 0.15) is 35.7 Å². The maximum atomic E-state index is 13.1. The molecule has 4 amide bonds. The number of benzene rings is 1. The number of esters is 1. The number of sulfone groups is 1. The van der Waals surface area contributed by atoms with Crippen molar-refractivity contribution in [3.63, 3.8) is 0 Å². The highest BCUT2D eigenvalue weighted by molar-refractivity contribution is 7.90. The maximum Gasteiger partial charge on any atom is 0.338 e. The molecule has 0 spiro atoms. The molecule has 2 aliphatic rings. The molecule has 2 N–H and O–H groups in total. The van der Waals surface area contributed by atoms with Crippen molar-refractivity contribution in [3.05, 3.63) is 35.4 Å². The SMILES string of the molecule is CC(=O)N1CCC[C@H]1C(=O)N[C@@H]1COC(=O)c2ccccc2CS(=O)(=O)C[C@H](C(=O)N(C)C)NC1=O. The molecule has 2 aliphatic heterocycles. The molecule has 1 fully saturated rings. The first-order valence-electron chi connectivity index (χ1n) is 11.4. The Bertz CT molecular complexity index is 1170. The highest BCUT2D eigenvalue weighted by atomic mass is 32.2. The molecule has 36 heavy (non-hydrogen) atoms. The van der Waals surface area contributed by atoms with E-state index in [1.807, 2.05) is 0 Å². The second-order valence-electron chi connectivity index (χ2n) is 9.04. The summed E-state index contributed by atoms with van der Waals surface area (Å²) in [6.45, 7) is 1.17. The van der Waals surface area contributed by atoms with Gasteiger partial charge in [-0.2, -0.15) is 0 Å². The highest BCUT2D eigenvalue weighted by Crippen LogP contribution is 2.19. The second kappa shape index (κ2) is 11.1. The molecular formula is C23H30N4O8S. The molecule has 0 unspecified atom stereocenters. The van der Waals surface area contributed by atoms with Gasteiger partial charge in [0.25, 0.3) is 0 Å². The Kier molecular flexibility index (Phi) is 8.33. The van der Waals surface area contributed by atoms with Crippen molar-refractivity contribution in [3.8, 4) is 0 Å². The summed E-state index contributed by atoms with van der Waals surface area (Å²) >= 11 is 0. The van der Waals surface area contributed by atoms with Gasteiger partial charge in [-0.1, -0.05) is 18.2 Å². The summed E-state index contributed by atoms with van der Waals surface area (Å²) < 4.78 is 31.2. The van der Waals surface area contributed by atoms with Crippen molar-refractivity contribution in [2.75, 3.05) is 33.0 Å². The molecule has 0 aliphatic carbocycles. The number of amides is 4. The molecular weight excluding hydrogens is 492 g/mol. The molecule has 0 radical (unpaired) electrons. The molecule has 0 aromatic heterocycles. The summed E-state index contributed by atoms with van der Waals surface area (Å²) in [5, 5.41) is 4.90. The van der Waals surface area contributed by atoms with Gasteiger partial charge < -0.3 is 25.2 Å². The van der Waals surface area contributed by atoms with Gasteiger partial charge in [0.05, 0.1) is 17.1 Å². The van der Waals surface area contributed by atoms with E-state index in [4.69, 9.17) is 4.74 Å². The zero-order valence-electron chi connectivity index (χ0n) is 20.4. The number of fused-ring (bicyclic) bond motifs is 1. The summed E-state index contributed by atoms with van der Waals surface area (Å²) in [7, 11) is -1.13. The first-order chi connectivity index (χ1) is 16.9. The second-order valence-corrected chi connectivity index (χ2v) is 11.1. The van der Waals surface area contributed by atoms with E-state index in [1.165, 1.54) is 38.1 Å². The monoisotopic (exact) mass is 522 g/mol. The summed E-state index contributed by atoms with van der Waals surface area (Å²) in [5.41, 5.74) is 0.190. The third kappa shape index (κ3) is 6.39. The molecule has 1 aromatic carbocycles. The quantitative estimate of drug-likeness (QED) is 0.470. The molecule has 0 saturated carbocycles. The third-order valence-electron chi connectivity index (χ3n) is 6.06. The third-order valence-corrected chi connectivity index (χ3v) is 7.65. The molecule has 13 heteroatoms. The minimum atomic E-state index is -3.97. The van der Waals surface area contributed by atoms with Gasteiger partial charge in [-0.05, 0) is 24.5 Å². The number of carbonyl (C=O) groups is 5. The average Bonchev–Trinajstić information content (AvgIpc) is 3.30. The number of ether oxygens (including phenoxy) is 1. The van der Waals surface area contributed by atoms with Gasteiger partial charge in [0.2, 0.25) is 23.6 Å². The van der Waals surface area contributed by atoms with Crippen molar-refractivity contribution in [2.45, 2.75) is 43.6 Å². The number of rotatable bonds is 3. The lowest BCUT2D eigenvalue weighted by Gasteiger charge is -2.28. The van der Waals surface area contributed by atoms with Crippen molar-refractivity contribution >= 4 is 39.4 Å². The van der Waals surface area contributed by atoms with Crippen LogP contribution in [0.4, 0.5) is 0 Å². The van der Waals surface area contributed by atoms with Gasteiger partial charge in [0.1, 0.15) is 24.7 Å². The Balaban J connectivity index is 1.94. The first-order valence-corrected chi connectivity index (χ1v) is 13.3. The van der Waals surface area contributed by atoms with Gasteiger partial charge in [0, 0.05) is 27.6 Å². The fourth-order valence-electron chi connectivity index (χ4n) is 4.26. The van der Waals surface area contributed by atoms with Crippen LogP contribution in [0.3, 0.4) is 0 Å². The lowest BCUT2D eigenvalue weighted by Crippen LogP contribution is -2.59. The van der Waals surface area contributed by atoms with Crippen LogP contribution in [-0.4, -0.2) is 98.9 Å². The Labute approximate surface area is 209 Å². The van der Waals surface area contributed by atoms with Crippen LogP contribution < -0.4 is 10.6 Å². The van der Waals surface area contributed by atoms with Gasteiger partial charge in [-0.3, -0.25) is 19.2 Å². The first kappa shape index (κ1) is 27.1. The number of hydrogen-bond donors (Lipinski definition) is 2. The summed E-state index contributed by atoms with van der Waals surface area (Å²) in [6, 6.07) is 2.33. The van der Waals surface area contributed by atoms with E-state index in [0.29, 0.717) is 19.4 Å². The van der Waals surface area contributed by atoms with Gasteiger partial charge in [-0.25, -0.2) is 13.2 Å². The van der Waals surface area contributed by atoms with E-state index in [0.717, 1.165) is 4.90 Å². The van der Waals surface area contributed by atoms with Gasteiger partial charge in [0.15, 0.2) is 9.84 Å². The molecule has 1 aromatic rings. The lowest BCUT2D eigenvalue weighted by molar-refractivity contribution is -0.139. The number of hydrogen-bond acceptors (Lipinski definition) is 8. The van der Waals surface area contributed by atoms with Crippen molar-refractivity contribution in [1.29, 1.82) is 0 Å². The zero-order valence-corrected chi connectivity index (χ0v) is 21.2. The topological polar surface area (TPSA) is 159 Å². The zero-order chi connectivity index (χ0) is 26.6. The van der Waals surface area contributed by atoms with Crippen LogP contribution in [-0.2, 0) is 39.5 Å². The van der Waals surface area contributed by atoms with Crippen LogP contribution in [0.2, 0.25) is 0 Å². The van der Waals surface area contributed by atoms with E-state index < -0.39 is 69.8 Å². The van der Waals surface area contributed by atoms with E-state index in [-0.39, 0.29) is 17.0 Å². The normalized spacial score (nSPS) is 24.3. The number of carbonyl (C=O) groups excluding carboxylic acids is 5. The summed E-state index contributed by atoms with van der Waals surface area (Å²) in [6.07, 6.45) is 1.00.